The largest absolute Gasteiger partial charge is 0.368 e. The molecule has 3 aliphatic rings. The van der Waals surface area contributed by atoms with E-state index in [2.05, 4.69) is 22.1 Å². The van der Waals surface area contributed by atoms with Gasteiger partial charge in [-0.1, -0.05) is 19.8 Å². The van der Waals surface area contributed by atoms with Crippen molar-refractivity contribution in [3.63, 3.8) is 0 Å². The minimum atomic E-state index is -0.183. The first-order chi connectivity index (χ1) is 13.2. The number of hydrogen-bond acceptors (Lipinski definition) is 5. The minimum Gasteiger partial charge on any atom is -0.368 e. The van der Waals surface area contributed by atoms with Gasteiger partial charge >= 0.3 is 6.03 Å². The number of carbonyl (C=O) groups is 1. The van der Waals surface area contributed by atoms with E-state index in [-0.39, 0.29) is 12.1 Å². The third-order valence-electron chi connectivity index (χ3n) is 6.16. The summed E-state index contributed by atoms with van der Waals surface area (Å²) in [6, 6.07) is 2.25. The fourth-order valence-electron chi connectivity index (χ4n) is 4.40. The molecule has 2 aliphatic heterocycles. The maximum Gasteiger partial charge on any atom is 0.317 e. The molecule has 148 valence electrons. The number of ether oxygens (including phenoxy) is 1. The number of carbonyl (C=O) groups excluding carboxylic acids is 1. The van der Waals surface area contributed by atoms with Crippen LogP contribution in [-0.2, 0) is 4.74 Å². The topological polar surface area (TPSA) is 70.6 Å². The van der Waals surface area contributed by atoms with Crippen molar-refractivity contribution in [2.45, 2.75) is 57.6 Å². The average molecular weight is 374 g/mol. The van der Waals surface area contributed by atoms with Gasteiger partial charge in [0.2, 0.25) is 5.95 Å². The van der Waals surface area contributed by atoms with Crippen molar-refractivity contribution in [3.05, 3.63) is 18.0 Å². The van der Waals surface area contributed by atoms with E-state index in [1.807, 2.05) is 17.2 Å². The summed E-state index contributed by atoms with van der Waals surface area (Å²) in [5.74, 6) is 1.34. The highest BCUT2D eigenvalue weighted by Gasteiger charge is 2.30. The van der Waals surface area contributed by atoms with Crippen molar-refractivity contribution in [1.29, 1.82) is 0 Å². The van der Waals surface area contributed by atoms with Gasteiger partial charge in [-0.2, -0.15) is 0 Å². The molecule has 1 aromatic heterocycles. The van der Waals surface area contributed by atoms with Crippen LogP contribution in [0.2, 0.25) is 0 Å². The fourth-order valence-corrected chi connectivity index (χ4v) is 4.40. The molecule has 2 saturated heterocycles. The van der Waals surface area contributed by atoms with E-state index in [1.165, 1.54) is 32.1 Å². The van der Waals surface area contributed by atoms with Gasteiger partial charge in [-0.05, 0) is 37.7 Å². The zero-order valence-electron chi connectivity index (χ0n) is 16.3. The Balaban J connectivity index is 1.39. The molecule has 0 unspecified atom stereocenters. The molecule has 27 heavy (non-hydrogen) atoms. The zero-order chi connectivity index (χ0) is 18.6. The van der Waals surface area contributed by atoms with Gasteiger partial charge in [0.1, 0.15) is 6.10 Å². The van der Waals surface area contributed by atoms with Crippen molar-refractivity contribution in [1.82, 2.24) is 20.2 Å². The molecule has 2 amide bonds. The number of nitrogens with zero attached hydrogens (tertiary/aromatic N) is 4. The molecule has 3 heterocycles. The van der Waals surface area contributed by atoms with Gasteiger partial charge in [0.15, 0.2) is 0 Å². The van der Waals surface area contributed by atoms with E-state index in [0.717, 1.165) is 31.2 Å². The summed E-state index contributed by atoms with van der Waals surface area (Å²) >= 11 is 0. The van der Waals surface area contributed by atoms with Crippen LogP contribution in [0.3, 0.4) is 0 Å². The van der Waals surface area contributed by atoms with Gasteiger partial charge in [0.25, 0.3) is 0 Å². The van der Waals surface area contributed by atoms with Crippen LogP contribution in [0.5, 0.6) is 0 Å². The summed E-state index contributed by atoms with van der Waals surface area (Å²) in [5, 5.41) is 3.26. The van der Waals surface area contributed by atoms with Crippen LogP contribution in [0.1, 0.15) is 57.2 Å². The normalized spacial score (nSPS) is 29.0. The summed E-state index contributed by atoms with van der Waals surface area (Å²) in [4.78, 5) is 26.0. The number of morpholine rings is 1. The van der Waals surface area contributed by atoms with E-state index < -0.39 is 0 Å². The predicted molar refractivity (Wildman–Crippen MR) is 104 cm³/mol. The number of urea groups is 1. The lowest BCUT2D eigenvalue weighted by atomic mass is 9.86. The summed E-state index contributed by atoms with van der Waals surface area (Å²) < 4.78 is 5.94. The number of aromatic nitrogens is 2. The molecular weight excluding hydrogens is 342 g/mol. The highest BCUT2D eigenvalue weighted by Crippen LogP contribution is 2.26. The van der Waals surface area contributed by atoms with E-state index >= 15 is 0 Å². The number of nitrogens with one attached hydrogen (secondary N) is 1. The number of rotatable bonds is 3. The van der Waals surface area contributed by atoms with E-state index in [0.29, 0.717) is 31.7 Å². The number of hydrogen-bond donors (Lipinski definition) is 1. The molecule has 7 nitrogen and oxygen atoms in total. The van der Waals surface area contributed by atoms with Crippen LogP contribution in [0, 0.1) is 5.92 Å². The van der Waals surface area contributed by atoms with Crippen molar-refractivity contribution < 1.29 is 9.53 Å². The second kappa shape index (κ2) is 8.42. The van der Waals surface area contributed by atoms with Crippen LogP contribution in [0.15, 0.2) is 12.3 Å². The van der Waals surface area contributed by atoms with Gasteiger partial charge < -0.3 is 19.9 Å². The lowest BCUT2D eigenvalue weighted by Crippen LogP contribution is -2.51. The van der Waals surface area contributed by atoms with Crippen LogP contribution in [0.4, 0.5) is 10.7 Å². The molecule has 3 atom stereocenters. The lowest BCUT2D eigenvalue weighted by molar-refractivity contribution is -0.0183. The second-order valence-corrected chi connectivity index (χ2v) is 8.10. The predicted octanol–water partition coefficient (Wildman–Crippen LogP) is 2.74. The highest BCUT2D eigenvalue weighted by molar-refractivity contribution is 5.74. The number of amides is 2. The first kappa shape index (κ1) is 18.5. The smallest absolute Gasteiger partial charge is 0.317 e. The van der Waals surface area contributed by atoms with E-state index in [4.69, 9.17) is 9.72 Å². The Morgan fingerprint density at radius 2 is 2.00 bits per heavy atom. The standard InChI is InChI=1S/C20H31N5O2/c1-15-6-2-3-7-16(15)23-20(26)25-12-13-27-18(14-25)17-8-9-21-19(22-17)24-10-4-5-11-24/h8-9,15-16,18H,2-7,10-14H2,1H3,(H,23,26)/t15-,16+,18+/m1/s1. The Morgan fingerprint density at radius 1 is 1.19 bits per heavy atom. The van der Waals surface area contributed by atoms with Crippen molar-refractivity contribution >= 4 is 12.0 Å². The fraction of sp³-hybridized carbons (Fsp3) is 0.750. The monoisotopic (exact) mass is 373 g/mol. The Bertz CT molecular complexity index is 649. The molecule has 7 heteroatoms. The number of anilines is 1. The molecular formula is C20H31N5O2. The molecule has 0 bridgehead atoms. The molecule has 0 radical (unpaired) electrons. The third kappa shape index (κ3) is 4.34. The van der Waals surface area contributed by atoms with Gasteiger partial charge in [-0.25, -0.2) is 14.8 Å². The minimum absolute atomic E-state index is 0.0378. The third-order valence-corrected chi connectivity index (χ3v) is 6.16. The Labute approximate surface area is 161 Å². The molecule has 3 fully saturated rings. The molecule has 1 aromatic rings. The van der Waals surface area contributed by atoms with Gasteiger partial charge in [-0.3, -0.25) is 0 Å². The summed E-state index contributed by atoms with van der Waals surface area (Å²) in [5.41, 5.74) is 0.871. The van der Waals surface area contributed by atoms with Crippen LogP contribution in [-0.4, -0.2) is 59.7 Å². The molecule has 1 aliphatic carbocycles. The molecule has 1 saturated carbocycles. The maximum atomic E-state index is 12.8. The SMILES string of the molecule is C[C@@H]1CCCC[C@@H]1NC(=O)N1CCO[C@H](c2ccnc(N3CCCC3)n2)C1. The first-order valence-corrected chi connectivity index (χ1v) is 10.5. The van der Waals surface area contributed by atoms with Gasteiger partial charge in [0, 0.05) is 31.9 Å². The van der Waals surface area contributed by atoms with Crippen LogP contribution >= 0.6 is 0 Å². The Kier molecular flexibility index (Phi) is 5.76. The second-order valence-electron chi connectivity index (χ2n) is 8.10. The van der Waals surface area contributed by atoms with Crippen molar-refractivity contribution in [3.8, 4) is 0 Å². The van der Waals surface area contributed by atoms with Crippen molar-refractivity contribution in [2.24, 2.45) is 5.92 Å². The summed E-state index contributed by atoms with van der Waals surface area (Å²) in [6.07, 6.45) is 8.80. The molecule has 0 aromatic carbocycles. The average Bonchev–Trinajstić information content (AvgIpc) is 3.25. The van der Waals surface area contributed by atoms with Gasteiger partial charge in [0.05, 0.1) is 18.8 Å². The first-order valence-electron chi connectivity index (χ1n) is 10.5. The lowest BCUT2D eigenvalue weighted by Gasteiger charge is -2.36. The van der Waals surface area contributed by atoms with Crippen LogP contribution in [0.25, 0.3) is 0 Å². The van der Waals surface area contributed by atoms with E-state index in [9.17, 15) is 4.79 Å². The summed E-state index contributed by atoms with van der Waals surface area (Å²) in [6.45, 7) is 6.00. The molecule has 4 rings (SSSR count). The zero-order valence-corrected chi connectivity index (χ0v) is 16.3. The quantitative estimate of drug-likeness (QED) is 0.882. The molecule has 1 N–H and O–H groups in total. The molecule has 0 spiro atoms. The van der Waals surface area contributed by atoms with Crippen LogP contribution < -0.4 is 10.2 Å². The highest BCUT2D eigenvalue weighted by atomic mass is 16.5. The van der Waals surface area contributed by atoms with Crippen molar-refractivity contribution in [2.75, 3.05) is 37.7 Å². The summed E-state index contributed by atoms with van der Waals surface area (Å²) in [7, 11) is 0. The maximum absolute atomic E-state index is 12.8. The van der Waals surface area contributed by atoms with E-state index in [1.54, 1.807) is 0 Å². The van der Waals surface area contributed by atoms with Gasteiger partial charge in [-0.15, -0.1) is 0 Å². The Hall–Kier alpha value is -1.89. The Morgan fingerprint density at radius 3 is 2.81 bits per heavy atom.